The summed E-state index contributed by atoms with van der Waals surface area (Å²) < 4.78 is 10.6. The molecule has 0 fully saturated rings. The van der Waals surface area contributed by atoms with E-state index >= 15 is 0 Å². The van der Waals surface area contributed by atoms with E-state index in [1.807, 2.05) is 0 Å². The number of rotatable bonds is 10. The van der Waals surface area contributed by atoms with Crippen LogP contribution in [0, 0.1) is 12.8 Å². The van der Waals surface area contributed by atoms with Crippen molar-refractivity contribution in [1.82, 2.24) is 0 Å². The van der Waals surface area contributed by atoms with Crippen LogP contribution in [-0.4, -0.2) is 33.5 Å². The molecular formula is C16H27NO2. The lowest BCUT2D eigenvalue weighted by Gasteiger charge is -2.15. The number of hydrogen-bond donors (Lipinski definition) is 1. The van der Waals surface area contributed by atoms with Crippen LogP contribution in [0.1, 0.15) is 24.0 Å². The zero-order chi connectivity index (χ0) is 13.9. The second-order valence-electron chi connectivity index (χ2n) is 5.04. The van der Waals surface area contributed by atoms with Crippen LogP contribution < -0.4 is 5.73 Å². The molecule has 0 bridgehead atoms. The zero-order valence-corrected chi connectivity index (χ0v) is 12.2. The van der Waals surface area contributed by atoms with Gasteiger partial charge >= 0.3 is 0 Å². The molecule has 108 valence electrons. The molecule has 0 amide bonds. The minimum atomic E-state index is 0.505. The van der Waals surface area contributed by atoms with Crippen LogP contribution in [-0.2, 0) is 15.9 Å². The molecule has 0 aromatic heterocycles. The number of ether oxygens (including phenoxy) is 2. The van der Waals surface area contributed by atoms with E-state index in [2.05, 4.69) is 31.2 Å². The number of hydrogen-bond acceptors (Lipinski definition) is 3. The Kier molecular flexibility index (Phi) is 8.47. The third-order valence-corrected chi connectivity index (χ3v) is 3.29. The van der Waals surface area contributed by atoms with Gasteiger partial charge in [-0.1, -0.05) is 29.8 Å². The van der Waals surface area contributed by atoms with Gasteiger partial charge in [-0.25, -0.2) is 0 Å². The summed E-state index contributed by atoms with van der Waals surface area (Å²) >= 11 is 0. The molecule has 0 aliphatic carbocycles. The standard InChI is InChI=1S/C16H27NO2/c1-14-4-6-15(7-5-14)12-16(13-17)8-11-19-10-3-9-18-2/h4-7,16H,3,8-13,17H2,1-2H3. The second-order valence-corrected chi connectivity index (χ2v) is 5.04. The van der Waals surface area contributed by atoms with Crippen molar-refractivity contribution in [3.63, 3.8) is 0 Å². The minimum absolute atomic E-state index is 0.505. The first-order valence-electron chi connectivity index (χ1n) is 7.08. The van der Waals surface area contributed by atoms with Gasteiger partial charge in [0.1, 0.15) is 0 Å². The molecule has 1 aromatic rings. The average Bonchev–Trinajstić information content (AvgIpc) is 2.43. The largest absolute Gasteiger partial charge is 0.385 e. The quantitative estimate of drug-likeness (QED) is 0.661. The Balaban J connectivity index is 2.20. The number of aryl methyl sites for hydroxylation is 1. The van der Waals surface area contributed by atoms with Crippen molar-refractivity contribution in [2.75, 3.05) is 33.5 Å². The smallest absolute Gasteiger partial charge is 0.0487 e. The number of methoxy groups -OCH3 is 1. The molecule has 0 saturated heterocycles. The summed E-state index contributed by atoms with van der Waals surface area (Å²) in [6, 6.07) is 8.70. The third kappa shape index (κ3) is 7.31. The van der Waals surface area contributed by atoms with Crippen LogP contribution in [0.4, 0.5) is 0 Å². The number of nitrogens with two attached hydrogens (primary N) is 1. The maximum Gasteiger partial charge on any atom is 0.0487 e. The van der Waals surface area contributed by atoms with Crippen LogP contribution in [0.25, 0.3) is 0 Å². The minimum Gasteiger partial charge on any atom is -0.385 e. The van der Waals surface area contributed by atoms with E-state index in [0.29, 0.717) is 5.92 Å². The van der Waals surface area contributed by atoms with Crippen molar-refractivity contribution >= 4 is 0 Å². The molecule has 1 rings (SSSR count). The predicted molar refractivity (Wildman–Crippen MR) is 79.4 cm³/mol. The Morgan fingerprint density at radius 2 is 1.84 bits per heavy atom. The fourth-order valence-corrected chi connectivity index (χ4v) is 2.02. The van der Waals surface area contributed by atoms with Crippen LogP contribution >= 0.6 is 0 Å². The molecule has 1 aromatic carbocycles. The van der Waals surface area contributed by atoms with Gasteiger partial charge in [0.15, 0.2) is 0 Å². The molecule has 0 radical (unpaired) electrons. The molecule has 19 heavy (non-hydrogen) atoms. The fourth-order valence-electron chi connectivity index (χ4n) is 2.02. The van der Waals surface area contributed by atoms with Crippen molar-refractivity contribution < 1.29 is 9.47 Å². The van der Waals surface area contributed by atoms with E-state index in [9.17, 15) is 0 Å². The van der Waals surface area contributed by atoms with Gasteiger partial charge < -0.3 is 15.2 Å². The van der Waals surface area contributed by atoms with Gasteiger partial charge in [0.2, 0.25) is 0 Å². The van der Waals surface area contributed by atoms with Gasteiger partial charge in [0.05, 0.1) is 0 Å². The summed E-state index contributed by atoms with van der Waals surface area (Å²) in [6.45, 7) is 5.16. The highest BCUT2D eigenvalue weighted by atomic mass is 16.5. The Hall–Kier alpha value is -0.900. The highest BCUT2D eigenvalue weighted by molar-refractivity contribution is 5.21. The van der Waals surface area contributed by atoms with E-state index in [-0.39, 0.29) is 0 Å². The topological polar surface area (TPSA) is 44.5 Å². The van der Waals surface area contributed by atoms with E-state index in [1.54, 1.807) is 7.11 Å². The molecule has 0 saturated carbocycles. The molecule has 0 spiro atoms. The average molecular weight is 265 g/mol. The van der Waals surface area contributed by atoms with E-state index in [1.165, 1.54) is 11.1 Å². The zero-order valence-electron chi connectivity index (χ0n) is 12.2. The number of benzene rings is 1. The summed E-state index contributed by atoms with van der Waals surface area (Å²) in [5.74, 6) is 0.505. The van der Waals surface area contributed by atoms with E-state index < -0.39 is 0 Å². The Morgan fingerprint density at radius 3 is 2.47 bits per heavy atom. The van der Waals surface area contributed by atoms with Gasteiger partial charge in [0.25, 0.3) is 0 Å². The third-order valence-electron chi connectivity index (χ3n) is 3.29. The molecule has 3 heteroatoms. The van der Waals surface area contributed by atoms with Gasteiger partial charge in [0, 0.05) is 26.9 Å². The Morgan fingerprint density at radius 1 is 1.11 bits per heavy atom. The first-order chi connectivity index (χ1) is 9.26. The van der Waals surface area contributed by atoms with Crippen LogP contribution in [0.3, 0.4) is 0 Å². The predicted octanol–water partition coefficient (Wildman–Crippen LogP) is 2.56. The van der Waals surface area contributed by atoms with Gasteiger partial charge in [-0.2, -0.15) is 0 Å². The summed E-state index contributed by atoms with van der Waals surface area (Å²) in [4.78, 5) is 0. The highest BCUT2D eigenvalue weighted by Gasteiger charge is 2.07. The van der Waals surface area contributed by atoms with Gasteiger partial charge in [-0.05, 0) is 44.2 Å². The Bertz CT molecular complexity index is 324. The van der Waals surface area contributed by atoms with Gasteiger partial charge in [-0.15, -0.1) is 0 Å². The lowest BCUT2D eigenvalue weighted by Crippen LogP contribution is -2.19. The van der Waals surface area contributed by atoms with Crippen molar-refractivity contribution in [3.8, 4) is 0 Å². The summed E-state index contributed by atoms with van der Waals surface area (Å²) in [6.07, 6.45) is 3.03. The SMILES string of the molecule is COCCCOCCC(CN)Cc1ccc(C)cc1. The van der Waals surface area contributed by atoms with Crippen molar-refractivity contribution in [2.24, 2.45) is 11.7 Å². The van der Waals surface area contributed by atoms with Crippen molar-refractivity contribution in [1.29, 1.82) is 0 Å². The molecule has 2 N–H and O–H groups in total. The summed E-state index contributed by atoms with van der Waals surface area (Å²) in [7, 11) is 1.71. The molecular weight excluding hydrogens is 238 g/mol. The lowest BCUT2D eigenvalue weighted by atomic mass is 9.96. The molecule has 1 unspecified atom stereocenters. The summed E-state index contributed by atoms with van der Waals surface area (Å²) in [5, 5.41) is 0. The van der Waals surface area contributed by atoms with Crippen molar-refractivity contribution in [2.45, 2.75) is 26.2 Å². The van der Waals surface area contributed by atoms with Crippen LogP contribution in [0.5, 0.6) is 0 Å². The molecule has 0 heterocycles. The normalized spacial score (nSPS) is 12.6. The van der Waals surface area contributed by atoms with Gasteiger partial charge in [-0.3, -0.25) is 0 Å². The maximum atomic E-state index is 5.84. The molecule has 1 atom stereocenters. The first-order valence-corrected chi connectivity index (χ1v) is 7.08. The highest BCUT2D eigenvalue weighted by Crippen LogP contribution is 2.12. The second kappa shape index (κ2) is 9.96. The maximum absolute atomic E-state index is 5.84. The van der Waals surface area contributed by atoms with E-state index in [0.717, 1.165) is 45.6 Å². The molecule has 0 aliphatic heterocycles. The van der Waals surface area contributed by atoms with Crippen LogP contribution in [0.15, 0.2) is 24.3 Å². The van der Waals surface area contributed by atoms with Crippen molar-refractivity contribution in [3.05, 3.63) is 35.4 Å². The molecule has 0 aliphatic rings. The summed E-state index contributed by atoms with van der Waals surface area (Å²) in [5.41, 5.74) is 8.50. The molecule has 3 nitrogen and oxygen atoms in total. The fraction of sp³-hybridized carbons (Fsp3) is 0.625. The first kappa shape index (κ1) is 16.2. The van der Waals surface area contributed by atoms with Crippen LogP contribution in [0.2, 0.25) is 0 Å². The lowest BCUT2D eigenvalue weighted by molar-refractivity contribution is 0.0942. The monoisotopic (exact) mass is 265 g/mol. The Labute approximate surface area is 117 Å². The van der Waals surface area contributed by atoms with E-state index in [4.69, 9.17) is 15.2 Å².